The molecule has 2 amide bonds. The van der Waals surface area contributed by atoms with Gasteiger partial charge in [0.25, 0.3) is 11.8 Å². The van der Waals surface area contributed by atoms with Crippen LogP contribution < -0.4 is 16.0 Å². The van der Waals surface area contributed by atoms with Crippen molar-refractivity contribution in [2.45, 2.75) is 38.1 Å². The molecule has 28 heavy (non-hydrogen) atoms. The van der Waals surface area contributed by atoms with Crippen LogP contribution in [0.25, 0.3) is 0 Å². The molecule has 150 valence electrons. The number of aromatic nitrogens is 2. The first-order valence-corrected chi connectivity index (χ1v) is 9.36. The molecule has 7 nitrogen and oxygen atoms in total. The lowest BCUT2D eigenvalue weighted by atomic mass is 10.0. The van der Waals surface area contributed by atoms with Crippen molar-refractivity contribution in [2.24, 2.45) is 0 Å². The number of amides is 2. The molecule has 3 rings (SSSR count). The minimum atomic E-state index is -0.987. The number of hydrogen-bond donors (Lipinski definition) is 4. The number of rotatable bonds is 4. The zero-order valence-corrected chi connectivity index (χ0v) is 15.4. The summed E-state index contributed by atoms with van der Waals surface area (Å²) in [5, 5.41) is 15.0. The van der Waals surface area contributed by atoms with Crippen LogP contribution in [0.4, 0.5) is 14.5 Å². The molecule has 1 aromatic heterocycles. The summed E-state index contributed by atoms with van der Waals surface area (Å²) >= 11 is 0. The van der Waals surface area contributed by atoms with E-state index in [-0.39, 0.29) is 17.4 Å². The molecule has 1 aliphatic rings. The summed E-state index contributed by atoms with van der Waals surface area (Å²) in [6.07, 6.45) is 5.93. The first-order valence-electron chi connectivity index (χ1n) is 9.36. The van der Waals surface area contributed by atoms with Crippen molar-refractivity contribution >= 4 is 17.5 Å². The summed E-state index contributed by atoms with van der Waals surface area (Å²) in [5.41, 5.74) is -0.600. The predicted molar refractivity (Wildman–Crippen MR) is 100 cm³/mol. The molecule has 0 bridgehead atoms. The van der Waals surface area contributed by atoms with E-state index in [2.05, 4.69) is 26.1 Å². The topological polar surface area (TPSA) is 98.9 Å². The van der Waals surface area contributed by atoms with Crippen LogP contribution in [0.15, 0.2) is 24.4 Å². The van der Waals surface area contributed by atoms with Crippen LogP contribution in [-0.4, -0.2) is 41.1 Å². The second kappa shape index (κ2) is 9.41. The molecule has 0 radical (unpaired) electrons. The average Bonchev–Trinajstić information content (AvgIpc) is 3.14. The third-order valence-electron chi connectivity index (χ3n) is 4.70. The van der Waals surface area contributed by atoms with Gasteiger partial charge < -0.3 is 16.0 Å². The van der Waals surface area contributed by atoms with Gasteiger partial charge in [-0.05, 0) is 50.9 Å². The number of H-pyrrole nitrogens is 1. The number of nitrogens with zero attached hydrogens (tertiary/aromatic N) is 1. The number of hydrogen-bond acceptors (Lipinski definition) is 4. The lowest BCUT2D eigenvalue weighted by Crippen LogP contribution is -2.35. The van der Waals surface area contributed by atoms with Crippen molar-refractivity contribution in [1.29, 1.82) is 0 Å². The van der Waals surface area contributed by atoms with Gasteiger partial charge in [0.05, 0.1) is 11.9 Å². The summed E-state index contributed by atoms with van der Waals surface area (Å²) in [6, 6.07) is 3.17. The van der Waals surface area contributed by atoms with Crippen molar-refractivity contribution < 1.29 is 18.4 Å². The molecule has 0 spiro atoms. The fourth-order valence-electron chi connectivity index (χ4n) is 3.24. The number of carbonyl (C=O) groups excluding carboxylic acids is 2. The molecular formula is C19H23F2N5O2. The molecule has 2 heterocycles. The van der Waals surface area contributed by atoms with Gasteiger partial charge in [-0.1, -0.05) is 12.5 Å². The SMILES string of the molecule is O=C(NC1CCCCNCCC1)c1[nH]ncc1NC(=O)c1c(F)cccc1F. The van der Waals surface area contributed by atoms with E-state index in [1.165, 1.54) is 12.3 Å². The van der Waals surface area contributed by atoms with E-state index in [4.69, 9.17) is 0 Å². The number of aromatic amines is 1. The Balaban J connectivity index is 1.68. The number of anilines is 1. The molecule has 1 saturated heterocycles. The highest BCUT2D eigenvalue weighted by atomic mass is 19.1. The third-order valence-corrected chi connectivity index (χ3v) is 4.70. The van der Waals surface area contributed by atoms with Gasteiger partial charge in [0, 0.05) is 6.04 Å². The summed E-state index contributed by atoms with van der Waals surface area (Å²) in [4.78, 5) is 24.9. The van der Waals surface area contributed by atoms with Gasteiger partial charge in [-0.25, -0.2) is 8.78 Å². The second-order valence-corrected chi connectivity index (χ2v) is 6.77. The number of halogens is 2. The molecule has 1 fully saturated rings. The summed E-state index contributed by atoms with van der Waals surface area (Å²) in [6.45, 7) is 1.88. The smallest absolute Gasteiger partial charge is 0.271 e. The van der Waals surface area contributed by atoms with Crippen molar-refractivity contribution in [2.75, 3.05) is 18.4 Å². The molecule has 9 heteroatoms. The molecule has 4 N–H and O–H groups in total. The molecule has 1 aromatic carbocycles. The summed E-state index contributed by atoms with van der Waals surface area (Å²) in [7, 11) is 0. The van der Waals surface area contributed by atoms with Crippen LogP contribution in [0, 0.1) is 11.6 Å². The Morgan fingerprint density at radius 2 is 1.75 bits per heavy atom. The van der Waals surface area contributed by atoms with E-state index >= 15 is 0 Å². The Hall–Kier alpha value is -2.81. The maximum absolute atomic E-state index is 13.8. The zero-order chi connectivity index (χ0) is 19.9. The van der Waals surface area contributed by atoms with E-state index in [1.807, 2.05) is 0 Å². The van der Waals surface area contributed by atoms with E-state index < -0.39 is 29.0 Å². The maximum atomic E-state index is 13.8. The van der Waals surface area contributed by atoms with Gasteiger partial charge in [-0.15, -0.1) is 0 Å². The van der Waals surface area contributed by atoms with Gasteiger partial charge in [0.2, 0.25) is 0 Å². The van der Waals surface area contributed by atoms with Gasteiger partial charge in [-0.2, -0.15) is 5.10 Å². The monoisotopic (exact) mass is 391 g/mol. The van der Waals surface area contributed by atoms with Crippen molar-refractivity contribution in [3.8, 4) is 0 Å². The summed E-state index contributed by atoms with van der Waals surface area (Å²) in [5.74, 6) is -3.36. The fourth-order valence-corrected chi connectivity index (χ4v) is 3.24. The van der Waals surface area contributed by atoms with Gasteiger partial charge in [-0.3, -0.25) is 14.7 Å². The Bertz CT molecular complexity index is 809. The van der Waals surface area contributed by atoms with Crippen LogP contribution in [0.3, 0.4) is 0 Å². The van der Waals surface area contributed by atoms with Gasteiger partial charge >= 0.3 is 0 Å². The Morgan fingerprint density at radius 1 is 1.04 bits per heavy atom. The van der Waals surface area contributed by atoms with Crippen LogP contribution in [-0.2, 0) is 0 Å². The van der Waals surface area contributed by atoms with Crippen molar-refractivity contribution in [1.82, 2.24) is 20.8 Å². The lowest BCUT2D eigenvalue weighted by Gasteiger charge is -2.17. The molecule has 0 aliphatic carbocycles. The molecule has 1 atom stereocenters. The van der Waals surface area contributed by atoms with E-state index in [9.17, 15) is 18.4 Å². The molecular weight excluding hydrogens is 368 g/mol. The minimum absolute atomic E-state index is 0.0169. The molecule has 1 unspecified atom stereocenters. The number of benzene rings is 1. The highest BCUT2D eigenvalue weighted by Gasteiger charge is 2.22. The van der Waals surface area contributed by atoms with Crippen LogP contribution >= 0.6 is 0 Å². The van der Waals surface area contributed by atoms with Gasteiger partial charge in [0.1, 0.15) is 22.9 Å². The third kappa shape index (κ3) is 4.92. The minimum Gasteiger partial charge on any atom is -0.348 e. The van der Waals surface area contributed by atoms with E-state index in [0.717, 1.165) is 57.3 Å². The first-order chi connectivity index (χ1) is 13.6. The fraction of sp³-hybridized carbons (Fsp3) is 0.421. The highest BCUT2D eigenvalue weighted by molar-refractivity contribution is 6.08. The number of nitrogens with one attached hydrogen (secondary N) is 4. The largest absolute Gasteiger partial charge is 0.348 e. The predicted octanol–water partition coefficient (Wildman–Crippen LogP) is 2.59. The highest BCUT2D eigenvalue weighted by Crippen LogP contribution is 2.18. The Labute approximate surface area is 161 Å². The van der Waals surface area contributed by atoms with Crippen molar-refractivity contribution in [3.63, 3.8) is 0 Å². The maximum Gasteiger partial charge on any atom is 0.271 e. The van der Waals surface area contributed by atoms with Crippen molar-refractivity contribution in [3.05, 3.63) is 47.3 Å². The number of carbonyl (C=O) groups is 2. The molecule has 0 saturated carbocycles. The van der Waals surface area contributed by atoms with Gasteiger partial charge in [0.15, 0.2) is 0 Å². The van der Waals surface area contributed by atoms with Crippen LogP contribution in [0.1, 0.15) is 53.0 Å². The molecule has 1 aliphatic heterocycles. The average molecular weight is 391 g/mol. The van der Waals surface area contributed by atoms with Crippen LogP contribution in [0.2, 0.25) is 0 Å². The van der Waals surface area contributed by atoms with E-state index in [1.54, 1.807) is 0 Å². The zero-order valence-electron chi connectivity index (χ0n) is 15.4. The van der Waals surface area contributed by atoms with E-state index in [0.29, 0.717) is 0 Å². The van der Waals surface area contributed by atoms with Crippen LogP contribution in [0.5, 0.6) is 0 Å². The standard InChI is InChI=1S/C19H23F2N5O2/c20-13-7-3-8-14(21)16(13)18(27)25-15-11-23-26-17(15)19(28)24-12-5-1-2-9-22-10-4-6-12/h3,7-8,11-12,22H,1-2,4-6,9-10H2,(H,23,26)(H,24,28)(H,25,27). The quantitative estimate of drug-likeness (QED) is 0.644. The Kier molecular flexibility index (Phi) is 6.70. The summed E-state index contributed by atoms with van der Waals surface area (Å²) < 4.78 is 27.6. The second-order valence-electron chi connectivity index (χ2n) is 6.77. The molecule has 2 aromatic rings. The Morgan fingerprint density at radius 3 is 2.54 bits per heavy atom. The first kappa shape index (κ1) is 19.9. The normalized spacial score (nSPS) is 17.9. The lowest BCUT2D eigenvalue weighted by molar-refractivity contribution is 0.0928.